The van der Waals surface area contributed by atoms with Crippen molar-refractivity contribution in [1.82, 2.24) is 30.2 Å². The molecule has 0 aliphatic carbocycles. The zero-order chi connectivity index (χ0) is 20.8. The Kier molecular flexibility index (Phi) is 6.22. The quantitative estimate of drug-likeness (QED) is 0.238. The Hall–Kier alpha value is -3.42. The molecule has 4 rings (SSSR count). The summed E-state index contributed by atoms with van der Waals surface area (Å²) in [5, 5.41) is 16.2. The fourth-order valence-corrected chi connectivity index (χ4v) is 3.51. The van der Waals surface area contributed by atoms with Gasteiger partial charge in [0.05, 0.1) is 0 Å². The highest BCUT2D eigenvalue weighted by molar-refractivity contribution is 5.83. The van der Waals surface area contributed by atoms with Crippen molar-refractivity contribution >= 4 is 22.5 Å². The Labute approximate surface area is 174 Å². The molecule has 8 heteroatoms. The van der Waals surface area contributed by atoms with Crippen LogP contribution in [0, 0.1) is 5.82 Å². The molecule has 156 valence electrons. The van der Waals surface area contributed by atoms with Crippen LogP contribution < -0.4 is 10.6 Å². The smallest absolute Gasteiger partial charge is 0.191 e. The van der Waals surface area contributed by atoms with Crippen LogP contribution in [-0.4, -0.2) is 45.2 Å². The number of nitrogens with one attached hydrogen (secondary N) is 3. The van der Waals surface area contributed by atoms with Crippen molar-refractivity contribution in [2.24, 2.45) is 4.99 Å². The summed E-state index contributed by atoms with van der Waals surface area (Å²) < 4.78 is 15.4. The molecular formula is C22H26FN7. The Balaban J connectivity index is 1.29. The Morgan fingerprint density at radius 2 is 2.10 bits per heavy atom. The number of benzene rings is 1. The number of aryl methyl sites for hydroxylation is 1. The molecule has 1 aromatic carbocycles. The minimum atomic E-state index is -0.227. The van der Waals surface area contributed by atoms with E-state index in [0.717, 1.165) is 66.2 Å². The fraction of sp³-hybridized carbons (Fsp3) is 0.318. The minimum Gasteiger partial charge on any atom is -0.361 e. The highest BCUT2D eigenvalue weighted by Gasteiger charge is 2.06. The van der Waals surface area contributed by atoms with Crippen LogP contribution in [-0.2, 0) is 12.8 Å². The lowest BCUT2D eigenvalue weighted by molar-refractivity contribution is 0.629. The summed E-state index contributed by atoms with van der Waals surface area (Å²) in [4.78, 5) is 7.80. The summed E-state index contributed by atoms with van der Waals surface area (Å²) >= 11 is 0. The predicted molar refractivity (Wildman–Crippen MR) is 117 cm³/mol. The third kappa shape index (κ3) is 4.59. The van der Waals surface area contributed by atoms with E-state index in [2.05, 4.69) is 30.8 Å². The largest absolute Gasteiger partial charge is 0.361 e. The zero-order valence-electron chi connectivity index (χ0n) is 17.0. The third-order valence-corrected chi connectivity index (χ3v) is 4.97. The summed E-state index contributed by atoms with van der Waals surface area (Å²) in [6, 6.07) is 10.7. The summed E-state index contributed by atoms with van der Waals surface area (Å²) in [5.74, 6) is 1.53. The van der Waals surface area contributed by atoms with E-state index in [0.29, 0.717) is 6.54 Å². The summed E-state index contributed by atoms with van der Waals surface area (Å²) in [6.45, 7) is 4.29. The molecule has 3 N–H and O–H groups in total. The molecule has 0 saturated carbocycles. The number of pyridine rings is 1. The standard InChI is InChI=1S/C22H26FN7/c1-2-24-22(25-11-5-7-21-29-28-20-6-3-4-13-30(20)21)26-12-10-16-15-27-19-14-17(23)8-9-18(16)19/h3-4,6,8-9,13-15,27H,2,5,7,10-12H2,1H3,(H2,24,25,26). The molecule has 0 aliphatic rings. The van der Waals surface area contributed by atoms with E-state index in [1.54, 1.807) is 0 Å². The van der Waals surface area contributed by atoms with Gasteiger partial charge in [0.1, 0.15) is 11.6 Å². The normalized spacial score (nSPS) is 12.0. The molecule has 0 spiro atoms. The number of guanidine groups is 1. The van der Waals surface area contributed by atoms with Gasteiger partial charge in [-0.15, -0.1) is 10.2 Å². The van der Waals surface area contributed by atoms with Gasteiger partial charge in [-0.1, -0.05) is 6.07 Å². The van der Waals surface area contributed by atoms with Crippen LogP contribution in [0.2, 0.25) is 0 Å². The highest BCUT2D eigenvalue weighted by atomic mass is 19.1. The third-order valence-electron chi connectivity index (χ3n) is 4.97. The Morgan fingerprint density at radius 3 is 3.00 bits per heavy atom. The molecule has 0 bridgehead atoms. The number of nitrogens with zero attached hydrogens (tertiary/aromatic N) is 4. The van der Waals surface area contributed by atoms with Crippen LogP contribution in [0.4, 0.5) is 4.39 Å². The summed E-state index contributed by atoms with van der Waals surface area (Å²) in [5.41, 5.74) is 2.85. The maximum Gasteiger partial charge on any atom is 0.191 e. The number of halogens is 1. The van der Waals surface area contributed by atoms with Gasteiger partial charge in [-0.2, -0.15) is 0 Å². The maximum absolute atomic E-state index is 13.3. The summed E-state index contributed by atoms with van der Waals surface area (Å²) in [6.07, 6.45) is 6.46. The van der Waals surface area contributed by atoms with E-state index in [1.807, 2.05) is 48.0 Å². The van der Waals surface area contributed by atoms with Crippen molar-refractivity contribution in [2.75, 3.05) is 19.6 Å². The molecule has 4 aromatic rings. The van der Waals surface area contributed by atoms with Gasteiger partial charge in [0.15, 0.2) is 11.6 Å². The number of H-pyrrole nitrogens is 1. The molecule has 3 aromatic heterocycles. The predicted octanol–water partition coefficient (Wildman–Crippen LogP) is 3.08. The first kappa shape index (κ1) is 19.9. The highest BCUT2D eigenvalue weighted by Crippen LogP contribution is 2.19. The van der Waals surface area contributed by atoms with E-state index in [9.17, 15) is 4.39 Å². The first-order valence-electron chi connectivity index (χ1n) is 10.3. The molecular weight excluding hydrogens is 381 g/mol. The Morgan fingerprint density at radius 1 is 1.17 bits per heavy atom. The van der Waals surface area contributed by atoms with Gasteiger partial charge >= 0.3 is 0 Å². The molecule has 0 unspecified atom stereocenters. The monoisotopic (exact) mass is 407 g/mol. The summed E-state index contributed by atoms with van der Waals surface area (Å²) in [7, 11) is 0. The van der Waals surface area contributed by atoms with E-state index in [1.165, 1.54) is 12.1 Å². The first-order chi connectivity index (χ1) is 14.7. The lowest BCUT2D eigenvalue weighted by Gasteiger charge is -2.11. The second-order valence-corrected chi connectivity index (χ2v) is 7.09. The molecule has 0 saturated heterocycles. The number of hydrogen-bond acceptors (Lipinski definition) is 3. The average Bonchev–Trinajstić information content (AvgIpc) is 3.35. The lowest BCUT2D eigenvalue weighted by atomic mass is 10.1. The molecule has 0 aliphatic heterocycles. The Bertz CT molecular complexity index is 1140. The van der Waals surface area contributed by atoms with Crippen LogP contribution in [0.1, 0.15) is 24.7 Å². The van der Waals surface area contributed by atoms with E-state index < -0.39 is 0 Å². The second-order valence-electron chi connectivity index (χ2n) is 7.09. The van der Waals surface area contributed by atoms with Gasteiger partial charge in [0.25, 0.3) is 0 Å². The molecule has 7 nitrogen and oxygen atoms in total. The van der Waals surface area contributed by atoms with Gasteiger partial charge in [-0.05, 0) is 55.7 Å². The molecule has 0 atom stereocenters. The van der Waals surface area contributed by atoms with Gasteiger partial charge < -0.3 is 15.6 Å². The van der Waals surface area contributed by atoms with Crippen LogP contribution in [0.15, 0.2) is 53.8 Å². The van der Waals surface area contributed by atoms with Crippen LogP contribution in [0.5, 0.6) is 0 Å². The number of aromatic amines is 1. The minimum absolute atomic E-state index is 0.227. The maximum atomic E-state index is 13.3. The van der Waals surface area contributed by atoms with Crippen LogP contribution in [0.3, 0.4) is 0 Å². The zero-order valence-corrected chi connectivity index (χ0v) is 17.0. The number of hydrogen-bond donors (Lipinski definition) is 3. The average molecular weight is 407 g/mol. The van der Waals surface area contributed by atoms with E-state index >= 15 is 0 Å². The van der Waals surface area contributed by atoms with Gasteiger partial charge in [-0.25, -0.2) is 4.39 Å². The number of rotatable bonds is 8. The number of aliphatic imine (C=N–C) groups is 1. The molecule has 0 radical (unpaired) electrons. The number of fused-ring (bicyclic) bond motifs is 2. The topological polar surface area (TPSA) is 82.4 Å². The van der Waals surface area contributed by atoms with E-state index in [-0.39, 0.29) is 5.82 Å². The van der Waals surface area contributed by atoms with E-state index in [4.69, 9.17) is 0 Å². The lowest BCUT2D eigenvalue weighted by Crippen LogP contribution is -2.38. The van der Waals surface area contributed by atoms with Crippen molar-refractivity contribution in [2.45, 2.75) is 26.2 Å². The van der Waals surface area contributed by atoms with Crippen molar-refractivity contribution < 1.29 is 4.39 Å². The van der Waals surface area contributed by atoms with Crippen molar-refractivity contribution in [3.63, 3.8) is 0 Å². The second kappa shape index (κ2) is 9.39. The van der Waals surface area contributed by atoms with Gasteiger partial charge in [-0.3, -0.25) is 9.39 Å². The molecule has 0 fully saturated rings. The van der Waals surface area contributed by atoms with Crippen molar-refractivity contribution in [1.29, 1.82) is 0 Å². The fourth-order valence-electron chi connectivity index (χ4n) is 3.51. The molecule has 3 heterocycles. The van der Waals surface area contributed by atoms with Crippen LogP contribution >= 0.6 is 0 Å². The van der Waals surface area contributed by atoms with Gasteiger partial charge in [0.2, 0.25) is 0 Å². The molecule has 30 heavy (non-hydrogen) atoms. The number of aromatic nitrogens is 4. The molecule has 0 amide bonds. The SMILES string of the molecule is CCNC(=NCCCc1nnc2ccccn12)NCCc1c[nH]c2cc(F)ccc12. The van der Waals surface area contributed by atoms with Gasteiger partial charge in [0, 0.05) is 49.4 Å². The van der Waals surface area contributed by atoms with Crippen LogP contribution in [0.25, 0.3) is 16.6 Å². The van der Waals surface area contributed by atoms with Crippen molar-refractivity contribution in [3.05, 3.63) is 66.0 Å². The van der Waals surface area contributed by atoms with Crippen molar-refractivity contribution in [3.8, 4) is 0 Å². The first-order valence-corrected chi connectivity index (χ1v) is 10.3.